The van der Waals surface area contributed by atoms with Crippen LogP contribution >= 0.6 is 0 Å². The van der Waals surface area contributed by atoms with E-state index in [1.807, 2.05) is 24.3 Å². The zero-order valence-electron chi connectivity index (χ0n) is 22.4. The number of pyridine rings is 1. The number of Topliss-reactive ketones (excluding diaryl/α,β-unsaturated/α-hetero) is 1. The minimum Gasteiger partial charge on any atom is -0.325 e. The van der Waals surface area contributed by atoms with E-state index >= 15 is 0 Å². The Kier molecular flexibility index (Phi) is 8.04. The molecule has 0 radical (unpaired) electrons. The summed E-state index contributed by atoms with van der Waals surface area (Å²) in [7, 11) is 0. The van der Waals surface area contributed by atoms with Crippen molar-refractivity contribution < 1.29 is 9.59 Å². The lowest BCUT2D eigenvalue weighted by Crippen LogP contribution is -2.22. The molecule has 1 amide bonds. The van der Waals surface area contributed by atoms with Gasteiger partial charge in [-0.1, -0.05) is 61.5 Å². The predicted molar refractivity (Wildman–Crippen MR) is 153 cm³/mol. The largest absolute Gasteiger partial charge is 0.325 e. The van der Waals surface area contributed by atoms with Crippen LogP contribution in [0.25, 0.3) is 22.4 Å². The number of nitrogens with zero attached hydrogens (tertiary/aromatic N) is 1. The molecule has 0 aliphatic heterocycles. The number of anilines is 1. The third-order valence-electron chi connectivity index (χ3n) is 8.26. The van der Waals surface area contributed by atoms with E-state index in [-0.39, 0.29) is 11.4 Å². The molecule has 2 aliphatic rings. The van der Waals surface area contributed by atoms with Crippen molar-refractivity contribution >= 4 is 17.4 Å². The third-order valence-corrected chi connectivity index (χ3v) is 8.26. The SMILES string of the molecule is CCCC(=O)CC1CCC(CC(=O)Nc2cnc(-c3ccc(C4(N)CC4)cc3)c(-c3ccccc3)c2)CC1. The first-order valence-corrected chi connectivity index (χ1v) is 14.2. The Morgan fingerprint density at radius 2 is 1.58 bits per heavy atom. The number of carbonyl (C=O) groups is 2. The first-order chi connectivity index (χ1) is 18.4. The van der Waals surface area contributed by atoms with Crippen LogP contribution in [0.3, 0.4) is 0 Å². The van der Waals surface area contributed by atoms with Gasteiger partial charge < -0.3 is 11.1 Å². The molecule has 0 saturated heterocycles. The van der Waals surface area contributed by atoms with E-state index in [4.69, 9.17) is 10.7 Å². The Hall–Kier alpha value is -3.31. The summed E-state index contributed by atoms with van der Waals surface area (Å²) in [6.07, 6.45) is 10.8. The van der Waals surface area contributed by atoms with Crippen molar-refractivity contribution in [3.05, 3.63) is 72.4 Å². The fourth-order valence-electron chi connectivity index (χ4n) is 5.80. The monoisotopic (exact) mass is 509 g/mol. The number of carbonyl (C=O) groups excluding carboxylic acids is 2. The second-order valence-corrected chi connectivity index (χ2v) is 11.4. The highest BCUT2D eigenvalue weighted by molar-refractivity contribution is 5.93. The Labute approximate surface area is 226 Å². The number of hydrogen-bond donors (Lipinski definition) is 2. The first kappa shape index (κ1) is 26.3. The van der Waals surface area contributed by atoms with E-state index in [0.717, 1.165) is 67.3 Å². The van der Waals surface area contributed by atoms with Crippen LogP contribution in [0, 0.1) is 11.8 Å². The summed E-state index contributed by atoms with van der Waals surface area (Å²) in [6.45, 7) is 2.06. The number of ketones is 1. The summed E-state index contributed by atoms with van der Waals surface area (Å²) < 4.78 is 0. The average molecular weight is 510 g/mol. The molecule has 2 saturated carbocycles. The van der Waals surface area contributed by atoms with Gasteiger partial charge in [0, 0.05) is 35.9 Å². The van der Waals surface area contributed by atoms with Crippen LogP contribution in [-0.2, 0) is 15.1 Å². The van der Waals surface area contributed by atoms with Crippen molar-refractivity contribution in [1.82, 2.24) is 4.98 Å². The molecule has 3 N–H and O–H groups in total. The van der Waals surface area contributed by atoms with Crippen molar-refractivity contribution in [2.75, 3.05) is 5.32 Å². The highest BCUT2D eigenvalue weighted by Crippen LogP contribution is 2.43. The van der Waals surface area contributed by atoms with E-state index in [2.05, 4.69) is 48.6 Å². The second kappa shape index (κ2) is 11.6. The lowest BCUT2D eigenvalue weighted by Gasteiger charge is -2.27. The standard InChI is InChI=1S/C33H39N3O2/c1-2-6-29(37)19-23-9-11-24(12-10-23)20-31(38)36-28-21-30(25-7-4-3-5-8-25)32(35-22-28)26-13-15-27(16-14-26)33(34)17-18-33/h3-5,7-8,13-16,21-24H,2,6,9-12,17-20,34H2,1H3,(H,36,38). The zero-order chi connectivity index (χ0) is 26.5. The average Bonchev–Trinajstić information content (AvgIpc) is 3.69. The van der Waals surface area contributed by atoms with Gasteiger partial charge in [-0.05, 0) is 74.0 Å². The van der Waals surface area contributed by atoms with Gasteiger partial charge >= 0.3 is 0 Å². The van der Waals surface area contributed by atoms with Gasteiger partial charge in [0.15, 0.2) is 0 Å². The number of nitrogens with two attached hydrogens (primary N) is 1. The molecule has 0 bridgehead atoms. The molecule has 0 unspecified atom stereocenters. The van der Waals surface area contributed by atoms with Gasteiger partial charge in [-0.15, -0.1) is 0 Å². The van der Waals surface area contributed by atoms with Crippen molar-refractivity contribution in [2.45, 2.75) is 76.7 Å². The van der Waals surface area contributed by atoms with Gasteiger partial charge in [0.25, 0.3) is 0 Å². The van der Waals surface area contributed by atoms with E-state index in [1.165, 1.54) is 5.56 Å². The molecule has 0 atom stereocenters. The molecule has 1 heterocycles. The molecule has 38 heavy (non-hydrogen) atoms. The van der Waals surface area contributed by atoms with Gasteiger partial charge in [0.2, 0.25) is 5.91 Å². The van der Waals surface area contributed by atoms with Crippen molar-refractivity contribution in [3.63, 3.8) is 0 Å². The highest BCUT2D eigenvalue weighted by Gasteiger charge is 2.39. The molecule has 2 aliphatic carbocycles. The number of rotatable bonds is 10. The van der Waals surface area contributed by atoms with Crippen molar-refractivity contribution in [3.8, 4) is 22.4 Å². The van der Waals surface area contributed by atoms with Gasteiger partial charge in [0.1, 0.15) is 5.78 Å². The van der Waals surface area contributed by atoms with E-state index in [1.54, 1.807) is 6.20 Å². The fraction of sp³-hybridized carbons (Fsp3) is 0.424. The van der Waals surface area contributed by atoms with Crippen LogP contribution in [0.1, 0.15) is 76.7 Å². The van der Waals surface area contributed by atoms with Gasteiger partial charge in [-0.25, -0.2) is 0 Å². The van der Waals surface area contributed by atoms with E-state index < -0.39 is 0 Å². The second-order valence-electron chi connectivity index (χ2n) is 11.4. The maximum absolute atomic E-state index is 13.0. The summed E-state index contributed by atoms with van der Waals surface area (Å²) >= 11 is 0. The molecular weight excluding hydrogens is 470 g/mol. The summed E-state index contributed by atoms with van der Waals surface area (Å²) in [5, 5.41) is 3.10. The summed E-state index contributed by atoms with van der Waals surface area (Å²) in [5.74, 6) is 1.29. The number of hydrogen-bond acceptors (Lipinski definition) is 4. The minimum absolute atomic E-state index is 0.0334. The van der Waals surface area contributed by atoms with Crippen LogP contribution in [-0.4, -0.2) is 16.7 Å². The molecule has 3 aromatic rings. The van der Waals surface area contributed by atoms with Gasteiger partial charge in [-0.2, -0.15) is 0 Å². The summed E-state index contributed by atoms with van der Waals surface area (Å²) in [6, 6.07) is 20.6. The number of nitrogens with one attached hydrogen (secondary N) is 1. The normalized spacial score (nSPS) is 20.1. The van der Waals surface area contributed by atoms with E-state index in [0.29, 0.717) is 42.6 Å². The number of benzene rings is 2. The molecule has 5 nitrogen and oxygen atoms in total. The minimum atomic E-state index is -0.159. The molecular formula is C33H39N3O2. The zero-order valence-corrected chi connectivity index (χ0v) is 22.4. The lowest BCUT2D eigenvalue weighted by atomic mass is 9.78. The maximum atomic E-state index is 13.0. The predicted octanol–water partition coefficient (Wildman–Crippen LogP) is 7.26. The Morgan fingerprint density at radius 1 is 0.921 bits per heavy atom. The summed E-state index contributed by atoms with van der Waals surface area (Å²) in [4.78, 5) is 29.8. The fourth-order valence-corrected chi connectivity index (χ4v) is 5.80. The van der Waals surface area contributed by atoms with Crippen LogP contribution in [0.5, 0.6) is 0 Å². The Balaban J connectivity index is 1.26. The van der Waals surface area contributed by atoms with Crippen LogP contribution < -0.4 is 11.1 Å². The van der Waals surface area contributed by atoms with E-state index in [9.17, 15) is 9.59 Å². The molecule has 2 aromatic carbocycles. The quantitative estimate of drug-likeness (QED) is 0.301. The molecule has 2 fully saturated rings. The van der Waals surface area contributed by atoms with Gasteiger partial charge in [0.05, 0.1) is 17.6 Å². The molecule has 5 rings (SSSR count). The highest BCUT2D eigenvalue weighted by atomic mass is 16.1. The van der Waals surface area contributed by atoms with Crippen LogP contribution in [0.2, 0.25) is 0 Å². The van der Waals surface area contributed by atoms with Crippen LogP contribution in [0.15, 0.2) is 66.9 Å². The Bertz CT molecular complexity index is 1260. The number of aromatic nitrogens is 1. The van der Waals surface area contributed by atoms with Crippen LogP contribution in [0.4, 0.5) is 5.69 Å². The molecule has 0 spiro atoms. The molecule has 1 aromatic heterocycles. The summed E-state index contributed by atoms with van der Waals surface area (Å²) in [5.41, 5.74) is 12.1. The first-order valence-electron chi connectivity index (χ1n) is 14.2. The van der Waals surface area contributed by atoms with Gasteiger partial charge in [-0.3, -0.25) is 14.6 Å². The molecule has 198 valence electrons. The molecule has 5 heteroatoms. The van der Waals surface area contributed by atoms with Crippen molar-refractivity contribution in [2.24, 2.45) is 17.6 Å². The topological polar surface area (TPSA) is 85.1 Å². The lowest BCUT2D eigenvalue weighted by molar-refractivity contribution is -0.121. The number of amides is 1. The third kappa shape index (κ3) is 6.39. The maximum Gasteiger partial charge on any atom is 0.224 e. The van der Waals surface area contributed by atoms with Crippen molar-refractivity contribution in [1.29, 1.82) is 0 Å². The smallest absolute Gasteiger partial charge is 0.224 e. The Morgan fingerprint density at radius 3 is 2.21 bits per heavy atom.